The monoisotopic (exact) mass is 477 g/mol. The van der Waals surface area contributed by atoms with Gasteiger partial charge in [-0.25, -0.2) is 4.79 Å². The first-order chi connectivity index (χ1) is 16.4. The smallest absolute Gasteiger partial charge is 0.349 e. The number of nitrogens with two attached hydrogens (primary N) is 1. The Labute approximate surface area is 198 Å². The Balaban J connectivity index is 1.55. The van der Waals surface area contributed by atoms with Gasteiger partial charge in [0.15, 0.2) is 12.4 Å². The van der Waals surface area contributed by atoms with Crippen molar-refractivity contribution in [2.75, 3.05) is 6.61 Å². The third kappa shape index (κ3) is 4.48. The van der Waals surface area contributed by atoms with Crippen LogP contribution in [-0.4, -0.2) is 17.5 Å². The molecule has 0 radical (unpaired) electrons. The molecule has 170 valence electrons. The number of nitriles is 1. The number of nitro benzene ring substituents is 1. The van der Waals surface area contributed by atoms with Crippen LogP contribution in [0.1, 0.15) is 17.0 Å². The van der Waals surface area contributed by atoms with Gasteiger partial charge in [0.2, 0.25) is 5.88 Å². The number of hydrogen-bond donors (Lipinski definition) is 1. The summed E-state index contributed by atoms with van der Waals surface area (Å²) in [4.78, 5) is 22.7. The molecule has 1 atom stereocenters. The second-order valence-corrected chi connectivity index (χ2v) is 7.54. The number of benzene rings is 3. The van der Waals surface area contributed by atoms with Gasteiger partial charge < -0.3 is 19.9 Å². The van der Waals surface area contributed by atoms with Crippen molar-refractivity contribution in [1.82, 2.24) is 0 Å². The molecule has 0 bridgehead atoms. The zero-order valence-corrected chi connectivity index (χ0v) is 18.2. The maximum absolute atomic E-state index is 12.3. The standard InChI is InChI=1S/C24H16ClN3O6/c25-18-6-2-1-5-15(18)23-16-10-9-14(11-21(16)34-24(27)17(23)12-26)33-22(29)13-32-20-8-4-3-7-19(20)28(30)31/h1-11,23H,13,27H2. The fourth-order valence-electron chi connectivity index (χ4n) is 3.56. The van der Waals surface area contributed by atoms with E-state index in [4.69, 9.17) is 31.5 Å². The lowest BCUT2D eigenvalue weighted by atomic mass is 9.83. The van der Waals surface area contributed by atoms with Crippen LogP contribution >= 0.6 is 11.6 Å². The predicted molar refractivity (Wildman–Crippen MR) is 121 cm³/mol. The summed E-state index contributed by atoms with van der Waals surface area (Å²) in [7, 11) is 0. The molecule has 4 rings (SSSR count). The second kappa shape index (κ2) is 9.52. The molecule has 3 aromatic carbocycles. The molecule has 9 nitrogen and oxygen atoms in total. The van der Waals surface area contributed by atoms with Gasteiger partial charge in [0.05, 0.1) is 10.8 Å². The maximum Gasteiger partial charge on any atom is 0.349 e. The van der Waals surface area contributed by atoms with Crippen molar-refractivity contribution >= 4 is 23.3 Å². The number of rotatable bonds is 6. The highest BCUT2D eigenvalue weighted by Gasteiger charge is 2.32. The van der Waals surface area contributed by atoms with Gasteiger partial charge in [-0.05, 0) is 23.8 Å². The van der Waals surface area contributed by atoms with E-state index in [1.807, 2.05) is 0 Å². The van der Waals surface area contributed by atoms with Crippen molar-refractivity contribution < 1.29 is 23.9 Å². The van der Waals surface area contributed by atoms with Gasteiger partial charge in [-0.2, -0.15) is 5.26 Å². The SMILES string of the molecule is N#CC1=C(N)Oc2cc(OC(=O)COc3ccccc3[N+](=O)[O-])ccc2C1c1ccccc1Cl. The number of nitro groups is 1. The van der Waals surface area contributed by atoms with Crippen LogP contribution in [-0.2, 0) is 4.79 Å². The molecule has 0 saturated carbocycles. The van der Waals surface area contributed by atoms with Crippen LogP contribution in [0.5, 0.6) is 17.2 Å². The molecule has 0 spiro atoms. The summed E-state index contributed by atoms with van der Waals surface area (Å²) in [5.41, 5.74) is 7.24. The van der Waals surface area contributed by atoms with Gasteiger partial charge in [0.1, 0.15) is 23.1 Å². The lowest BCUT2D eigenvalue weighted by Crippen LogP contribution is -2.22. The van der Waals surface area contributed by atoms with Crippen LogP contribution in [0.4, 0.5) is 5.69 Å². The highest BCUT2D eigenvalue weighted by molar-refractivity contribution is 6.31. The summed E-state index contributed by atoms with van der Waals surface area (Å²) in [6, 6.07) is 19.5. The number of nitrogens with zero attached hydrogens (tertiary/aromatic N) is 2. The number of allylic oxidation sites excluding steroid dienone is 1. The first-order valence-electron chi connectivity index (χ1n) is 9.92. The van der Waals surface area contributed by atoms with Crippen LogP contribution in [0.25, 0.3) is 0 Å². The molecule has 10 heteroatoms. The number of ether oxygens (including phenoxy) is 3. The Morgan fingerprint density at radius 2 is 1.88 bits per heavy atom. The highest BCUT2D eigenvalue weighted by atomic mass is 35.5. The largest absolute Gasteiger partial charge is 0.475 e. The molecule has 0 fully saturated rings. The number of esters is 1. The van der Waals surface area contributed by atoms with Gasteiger partial charge in [-0.1, -0.05) is 48.0 Å². The quantitative estimate of drug-likeness (QED) is 0.238. The first kappa shape index (κ1) is 22.6. The minimum Gasteiger partial charge on any atom is -0.475 e. The number of halogens is 1. The Bertz CT molecular complexity index is 1360. The third-order valence-corrected chi connectivity index (χ3v) is 5.39. The van der Waals surface area contributed by atoms with Crippen LogP contribution in [0.3, 0.4) is 0 Å². The van der Waals surface area contributed by atoms with Gasteiger partial charge in [0, 0.05) is 22.7 Å². The molecule has 3 aromatic rings. The molecular weight excluding hydrogens is 462 g/mol. The zero-order chi connectivity index (χ0) is 24.2. The Kier molecular flexibility index (Phi) is 6.34. The number of carbonyl (C=O) groups excluding carboxylic acids is 1. The number of fused-ring (bicyclic) bond motifs is 1. The lowest BCUT2D eigenvalue weighted by Gasteiger charge is -2.27. The maximum atomic E-state index is 12.3. The Morgan fingerprint density at radius 1 is 1.15 bits per heavy atom. The molecular formula is C24H16ClN3O6. The fraction of sp³-hybridized carbons (Fsp3) is 0.0833. The minimum atomic E-state index is -0.780. The number of carbonyl (C=O) groups is 1. The van der Waals surface area contributed by atoms with Crippen LogP contribution < -0.4 is 19.9 Å². The van der Waals surface area contributed by atoms with E-state index in [1.54, 1.807) is 36.4 Å². The first-order valence-corrected chi connectivity index (χ1v) is 10.3. The Hall–Kier alpha value is -4.55. The fourth-order valence-corrected chi connectivity index (χ4v) is 3.80. The topological polar surface area (TPSA) is 138 Å². The highest BCUT2D eigenvalue weighted by Crippen LogP contribution is 2.45. The molecule has 1 heterocycles. The molecule has 1 unspecified atom stereocenters. The summed E-state index contributed by atoms with van der Waals surface area (Å²) in [5.74, 6) is -1.04. The van der Waals surface area contributed by atoms with Crippen LogP contribution in [0.2, 0.25) is 5.02 Å². The van der Waals surface area contributed by atoms with Crippen LogP contribution in [0, 0.1) is 21.4 Å². The zero-order valence-electron chi connectivity index (χ0n) is 17.4. The van der Waals surface area contributed by atoms with E-state index in [2.05, 4.69) is 6.07 Å². The molecule has 0 aromatic heterocycles. The van der Waals surface area contributed by atoms with E-state index in [0.717, 1.165) is 0 Å². The average Bonchev–Trinajstić information content (AvgIpc) is 2.82. The van der Waals surface area contributed by atoms with E-state index >= 15 is 0 Å². The van der Waals surface area contributed by atoms with E-state index in [-0.39, 0.29) is 28.6 Å². The van der Waals surface area contributed by atoms with Gasteiger partial charge in [0.25, 0.3) is 0 Å². The van der Waals surface area contributed by atoms with E-state index in [0.29, 0.717) is 21.9 Å². The molecule has 1 aliphatic rings. The Morgan fingerprint density at radius 3 is 2.62 bits per heavy atom. The van der Waals surface area contributed by atoms with E-state index in [1.165, 1.54) is 30.3 Å². The molecule has 0 amide bonds. The molecule has 1 aliphatic heterocycles. The van der Waals surface area contributed by atoms with Gasteiger partial charge >= 0.3 is 11.7 Å². The van der Waals surface area contributed by atoms with Crippen molar-refractivity contribution in [3.05, 3.63) is 104 Å². The van der Waals surface area contributed by atoms with Crippen molar-refractivity contribution in [3.8, 4) is 23.3 Å². The normalized spacial score (nSPS) is 14.4. The minimum absolute atomic E-state index is 0.0530. The molecule has 0 saturated heterocycles. The number of hydrogen-bond acceptors (Lipinski definition) is 8. The molecule has 34 heavy (non-hydrogen) atoms. The van der Waals surface area contributed by atoms with Gasteiger partial charge in [-0.3, -0.25) is 10.1 Å². The van der Waals surface area contributed by atoms with Crippen molar-refractivity contribution in [3.63, 3.8) is 0 Å². The average molecular weight is 478 g/mol. The summed E-state index contributed by atoms with van der Waals surface area (Å²) in [5, 5.41) is 21.2. The third-order valence-electron chi connectivity index (χ3n) is 5.05. The molecule has 2 N–H and O–H groups in total. The summed E-state index contributed by atoms with van der Waals surface area (Å²) < 4.78 is 16.2. The summed E-state index contributed by atoms with van der Waals surface area (Å²) >= 11 is 6.37. The predicted octanol–water partition coefficient (Wildman–Crippen LogP) is 4.45. The van der Waals surface area contributed by atoms with Crippen molar-refractivity contribution in [1.29, 1.82) is 5.26 Å². The summed E-state index contributed by atoms with van der Waals surface area (Å²) in [6.45, 7) is -0.550. The second-order valence-electron chi connectivity index (χ2n) is 7.13. The van der Waals surface area contributed by atoms with E-state index in [9.17, 15) is 20.2 Å². The summed E-state index contributed by atoms with van der Waals surface area (Å²) in [6.07, 6.45) is 0. The van der Waals surface area contributed by atoms with Crippen molar-refractivity contribution in [2.24, 2.45) is 5.73 Å². The van der Waals surface area contributed by atoms with Gasteiger partial charge in [-0.15, -0.1) is 0 Å². The number of para-hydroxylation sites is 2. The van der Waals surface area contributed by atoms with Crippen LogP contribution in [0.15, 0.2) is 78.2 Å². The van der Waals surface area contributed by atoms with Crippen molar-refractivity contribution in [2.45, 2.75) is 5.92 Å². The lowest BCUT2D eigenvalue weighted by molar-refractivity contribution is -0.385. The van der Waals surface area contributed by atoms with E-state index < -0.39 is 23.4 Å². The molecule has 0 aliphatic carbocycles.